The fraction of sp³-hybridized carbons (Fsp3) is 0.176. The lowest BCUT2D eigenvalue weighted by atomic mass is 10.1. The summed E-state index contributed by atoms with van der Waals surface area (Å²) >= 11 is 3.31. The molecule has 0 heterocycles. The van der Waals surface area contributed by atoms with Crippen molar-refractivity contribution in [1.29, 1.82) is 0 Å². The summed E-state index contributed by atoms with van der Waals surface area (Å²) in [4.78, 5) is 23.5. The molecule has 2 rings (SSSR count). The van der Waals surface area contributed by atoms with Crippen LogP contribution < -0.4 is 5.32 Å². The van der Waals surface area contributed by atoms with Crippen molar-refractivity contribution >= 4 is 27.8 Å². The molecule has 1 N–H and O–H groups in total. The molecule has 0 radical (unpaired) electrons. The molecule has 0 aliphatic rings. The Hall–Kier alpha value is -2.28. The van der Waals surface area contributed by atoms with E-state index in [0.717, 1.165) is 28.2 Å². The van der Waals surface area contributed by atoms with Crippen LogP contribution in [-0.2, 0) is 9.53 Å². The van der Waals surface area contributed by atoms with Gasteiger partial charge in [0.15, 0.2) is 6.61 Å². The largest absolute Gasteiger partial charge is 0.452 e. The Bertz CT molecular complexity index is 730. The maximum Gasteiger partial charge on any atom is 0.344 e. The van der Waals surface area contributed by atoms with Crippen molar-refractivity contribution in [3.8, 4) is 0 Å². The Balaban J connectivity index is 1.91. The average molecular weight is 398 g/mol. The molecule has 0 aromatic heterocycles. The van der Waals surface area contributed by atoms with Crippen LogP contribution in [0.1, 0.15) is 28.9 Å². The van der Waals surface area contributed by atoms with Crippen LogP contribution in [0.5, 0.6) is 0 Å². The number of esters is 1. The predicted molar refractivity (Wildman–Crippen MR) is 87.3 cm³/mol. The fourth-order valence-electron chi connectivity index (χ4n) is 2.01. The van der Waals surface area contributed by atoms with Crippen LogP contribution in [0.15, 0.2) is 46.9 Å². The number of amides is 1. The molecule has 4 nitrogen and oxygen atoms in total. The normalized spacial score (nSPS) is 11.7. The van der Waals surface area contributed by atoms with Crippen molar-refractivity contribution in [2.75, 3.05) is 6.61 Å². The molecule has 0 spiro atoms. The smallest absolute Gasteiger partial charge is 0.344 e. The van der Waals surface area contributed by atoms with Gasteiger partial charge in [-0.25, -0.2) is 13.6 Å². The fourth-order valence-corrected chi connectivity index (χ4v) is 2.28. The van der Waals surface area contributed by atoms with Gasteiger partial charge in [0.2, 0.25) is 0 Å². The van der Waals surface area contributed by atoms with Gasteiger partial charge in [-0.05, 0) is 36.8 Å². The third-order valence-electron chi connectivity index (χ3n) is 3.25. The molecule has 7 heteroatoms. The maximum atomic E-state index is 13.4. The molecule has 2 aromatic carbocycles. The van der Waals surface area contributed by atoms with Gasteiger partial charge >= 0.3 is 5.97 Å². The van der Waals surface area contributed by atoms with E-state index in [1.54, 1.807) is 6.92 Å². The second kappa shape index (κ2) is 8.01. The van der Waals surface area contributed by atoms with Crippen molar-refractivity contribution in [1.82, 2.24) is 5.32 Å². The highest BCUT2D eigenvalue weighted by molar-refractivity contribution is 9.10. The molecular formula is C17H14BrF2NO3. The summed E-state index contributed by atoms with van der Waals surface area (Å²) in [6.45, 7) is 1.13. The first-order valence-electron chi connectivity index (χ1n) is 7.04. The molecule has 0 saturated heterocycles. The lowest BCUT2D eigenvalue weighted by Crippen LogP contribution is -2.31. The van der Waals surface area contributed by atoms with Crippen molar-refractivity contribution in [2.45, 2.75) is 13.0 Å². The van der Waals surface area contributed by atoms with Gasteiger partial charge in [-0.1, -0.05) is 34.1 Å². The molecule has 0 saturated carbocycles. The summed E-state index contributed by atoms with van der Waals surface area (Å²) in [5.41, 5.74) is 0.0456. The molecule has 0 fully saturated rings. The Morgan fingerprint density at radius 2 is 1.71 bits per heavy atom. The van der Waals surface area contributed by atoms with Crippen molar-refractivity contribution in [2.24, 2.45) is 0 Å². The average Bonchev–Trinajstić information content (AvgIpc) is 2.53. The highest BCUT2D eigenvalue weighted by Gasteiger charge is 2.20. The van der Waals surface area contributed by atoms with Crippen LogP contribution in [0, 0.1) is 11.6 Å². The summed E-state index contributed by atoms with van der Waals surface area (Å²) < 4.78 is 32.5. The minimum atomic E-state index is -1.22. The van der Waals surface area contributed by atoms with Gasteiger partial charge in [0.25, 0.3) is 5.91 Å². The van der Waals surface area contributed by atoms with Crippen molar-refractivity contribution in [3.63, 3.8) is 0 Å². The van der Waals surface area contributed by atoms with Crippen LogP contribution in [-0.4, -0.2) is 18.5 Å². The van der Waals surface area contributed by atoms with Gasteiger partial charge in [0.1, 0.15) is 17.2 Å². The van der Waals surface area contributed by atoms with Gasteiger partial charge in [-0.15, -0.1) is 0 Å². The van der Waals surface area contributed by atoms with E-state index in [1.807, 2.05) is 24.3 Å². The molecule has 0 unspecified atom stereocenters. The van der Waals surface area contributed by atoms with Crippen LogP contribution in [0.2, 0.25) is 0 Å². The quantitative estimate of drug-likeness (QED) is 0.781. The standard InChI is InChI=1S/C17H14BrF2NO3/c1-10(11-5-7-12(18)8-6-11)21-15(22)9-24-17(23)16-13(19)3-2-4-14(16)20/h2-8,10H,9H2,1H3,(H,21,22)/t10-/m1/s1. The van der Waals surface area contributed by atoms with Crippen LogP contribution in [0.3, 0.4) is 0 Å². The van der Waals surface area contributed by atoms with Gasteiger partial charge in [-0.3, -0.25) is 4.79 Å². The zero-order chi connectivity index (χ0) is 17.7. The molecular weight excluding hydrogens is 384 g/mol. The van der Waals surface area contributed by atoms with Gasteiger partial charge < -0.3 is 10.1 Å². The number of halogens is 3. The van der Waals surface area contributed by atoms with E-state index in [1.165, 1.54) is 0 Å². The molecule has 0 bridgehead atoms. The predicted octanol–water partition coefficient (Wildman–Crippen LogP) is 3.76. The number of hydrogen-bond acceptors (Lipinski definition) is 3. The summed E-state index contributed by atoms with van der Waals surface area (Å²) in [6, 6.07) is 10.0. The van der Waals surface area contributed by atoms with Gasteiger partial charge in [0.05, 0.1) is 6.04 Å². The molecule has 1 atom stereocenters. The van der Waals surface area contributed by atoms with Gasteiger partial charge in [-0.2, -0.15) is 0 Å². The summed E-state index contributed by atoms with van der Waals surface area (Å²) in [5.74, 6) is -3.88. The Morgan fingerprint density at radius 1 is 1.12 bits per heavy atom. The first-order chi connectivity index (χ1) is 11.4. The third kappa shape index (κ3) is 4.61. The number of carbonyl (C=O) groups is 2. The third-order valence-corrected chi connectivity index (χ3v) is 3.78. The number of benzene rings is 2. The highest BCUT2D eigenvalue weighted by Crippen LogP contribution is 2.16. The monoisotopic (exact) mass is 397 g/mol. The summed E-state index contributed by atoms with van der Waals surface area (Å²) in [5, 5.41) is 2.63. The van der Waals surface area contributed by atoms with E-state index in [0.29, 0.717) is 0 Å². The Morgan fingerprint density at radius 3 is 2.29 bits per heavy atom. The summed E-state index contributed by atoms with van der Waals surface area (Å²) in [7, 11) is 0. The second-order valence-corrected chi connectivity index (χ2v) is 5.93. The van der Waals surface area contributed by atoms with E-state index >= 15 is 0 Å². The van der Waals surface area contributed by atoms with Gasteiger partial charge in [0, 0.05) is 4.47 Å². The minimum absolute atomic E-state index is 0.311. The SMILES string of the molecule is C[C@@H](NC(=O)COC(=O)c1c(F)cccc1F)c1ccc(Br)cc1. The minimum Gasteiger partial charge on any atom is -0.452 e. The topological polar surface area (TPSA) is 55.4 Å². The zero-order valence-electron chi connectivity index (χ0n) is 12.7. The van der Waals surface area contributed by atoms with E-state index < -0.39 is 35.7 Å². The number of rotatable bonds is 5. The zero-order valence-corrected chi connectivity index (χ0v) is 14.3. The van der Waals surface area contributed by atoms with Crippen LogP contribution >= 0.6 is 15.9 Å². The molecule has 24 heavy (non-hydrogen) atoms. The molecule has 0 aliphatic heterocycles. The van der Waals surface area contributed by atoms with E-state index in [9.17, 15) is 18.4 Å². The molecule has 1 amide bonds. The first-order valence-corrected chi connectivity index (χ1v) is 7.83. The molecule has 126 valence electrons. The van der Waals surface area contributed by atoms with E-state index in [-0.39, 0.29) is 6.04 Å². The second-order valence-electron chi connectivity index (χ2n) is 5.01. The maximum absolute atomic E-state index is 13.4. The first kappa shape index (κ1) is 18.1. The lowest BCUT2D eigenvalue weighted by molar-refractivity contribution is -0.124. The van der Waals surface area contributed by atoms with E-state index in [2.05, 4.69) is 26.0 Å². The highest BCUT2D eigenvalue weighted by atomic mass is 79.9. The van der Waals surface area contributed by atoms with Crippen molar-refractivity contribution in [3.05, 3.63) is 69.7 Å². The number of carbonyl (C=O) groups excluding carboxylic acids is 2. The number of hydrogen-bond donors (Lipinski definition) is 1. The molecule has 2 aromatic rings. The van der Waals surface area contributed by atoms with E-state index in [4.69, 9.17) is 0 Å². The number of ether oxygens (including phenoxy) is 1. The van der Waals surface area contributed by atoms with Crippen molar-refractivity contribution < 1.29 is 23.1 Å². The Kier molecular flexibility index (Phi) is 6.03. The summed E-state index contributed by atoms with van der Waals surface area (Å²) in [6.07, 6.45) is 0. The lowest BCUT2D eigenvalue weighted by Gasteiger charge is -2.14. The van der Waals surface area contributed by atoms with Crippen LogP contribution in [0.4, 0.5) is 8.78 Å². The number of nitrogens with one attached hydrogen (secondary N) is 1. The Labute approximate surface area is 145 Å². The van der Waals surface area contributed by atoms with Crippen LogP contribution in [0.25, 0.3) is 0 Å². The molecule has 0 aliphatic carbocycles.